The molecular formula is C19H24N4O4. The van der Waals surface area contributed by atoms with E-state index in [9.17, 15) is 14.4 Å². The summed E-state index contributed by atoms with van der Waals surface area (Å²) in [4.78, 5) is 34.8. The third kappa shape index (κ3) is 4.93. The van der Waals surface area contributed by atoms with Crippen molar-refractivity contribution in [2.24, 2.45) is 0 Å². The molecule has 1 aromatic carbocycles. The molecule has 0 radical (unpaired) electrons. The van der Waals surface area contributed by atoms with Gasteiger partial charge in [-0.25, -0.2) is 0 Å². The van der Waals surface area contributed by atoms with Gasteiger partial charge in [0.2, 0.25) is 0 Å². The number of benzene rings is 1. The minimum Gasteiger partial charge on any atom is -0.480 e. The SMILES string of the molecule is CCC(CC)n1ncc(C(=O)Nc2ccc(C(=O)NCC(=O)O)cc2)c1C. The van der Waals surface area contributed by atoms with Crippen LogP contribution in [-0.4, -0.2) is 39.2 Å². The molecule has 0 aliphatic rings. The van der Waals surface area contributed by atoms with Crippen molar-refractivity contribution >= 4 is 23.5 Å². The fourth-order valence-corrected chi connectivity index (χ4v) is 2.81. The highest BCUT2D eigenvalue weighted by molar-refractivity contribution is 6.05. The number of nitrogens with zero attached hydrogens (tertiary/aromatic N) is 2. The first-order valence-corrected chi connectivity index (χ1v) is 8.82. The summed E-state index contributed by atoms with van der Waals surface area (Å²) in [5.74, 6) is -1.87. The summed E-state index contributed by atoms with van der Waals surface area (Å²) in [6, 6.07) is 6.48. The topological polar surface area (TPSA) is 113 Å². The molecule has 0 aliphatic carbocycles. The average molecular weight is 372 g/mol. The summed E-state index contributed by atoms with van der Waals surface area (Å²) >= 11 is 0. The van der Waals surface area contributed by atoms with Gasteiger partial charge in [-0.15, -0.1) is 0 Å². The summed E-state index contributed by atoms with van der Waals surface area (Å²) < 4.78 is 1.88. The van der Waals surface area contributed by atoms with Gasteiger partial charge in [-0.3, -0.25) is 19.1 Å². The van der Waals surface area contributed by atoms with Crippen LogP contribution < -0.4 is 10.6 Å². The smallest absolute Gasteiger partial charge is 0.322 e. The van der Waals surface area contributed by atoms with Crippen molar-refractivity contribution in [2.45, 2.75) is 39.7 Å². The molecule has 0 aliphatic heterocycles. The lowest BCUT2D eigenvalue weighted by atomic mass is 10.1. The van der Waals surface area contributed by atoms with Gasteiger partial charge < -0.3 is 15.7 Å². The lowest BCUT2D eigenvalue weighted by molar-refractivity contribution is -0.135. The standard InChI is InChI=1S/C19H24N4O4/c1-4-15(5-2)23-12(3)16(10-21-23)19(27)22-14-8-6-13(7-9-14)18(26)20-11-17(24)25/h6-10,15H,4-5,11H2,1-3H3,(H,20,26)(H,22,27)(H,24,25). The predicted molar refractivity (Wildman–Crippen MR) is 101 cm³/mol. The number of rotatable bonds is 8. The first-order valence-electron chi connectivity index (χ1n) is 8.82. The third-order valence-corrected chi connectivity index (χ3v) is 4.38. The quantitative estimate of drug-likeness (QED) is 0.659. The predicted octanol–water partition coefficient (Wildman–Crippen LogP) is 2.62. The summed E-state index contributed by atoms with van der Waals surface area (Å²) in [5, 5.41) is 18.0. The molecule has 0 saturated heterocycles. The minimum absolute atomic E-state index is 0.259. The van der Waals surface area contributed by atoms with E-state index in [1.165, 1.54) is 12.1 Å². The van der Waals surface area contributed by atoms with E-state index < -0.39 is 18.4 Å². The van der Waals surface area contributed by atoms with Gasteiger partial charge in [-0.05, 0) is 44.0 Å². The zero-order valence-corrected chi connectivity index (χ0v) is 15.7. The molecule has 0 saturated carbocycles. The van der Waals surface area contributed by atoms with Crippen LogP contribution in [0.25, 0.3) is 0 Å². The third-order valence-electron chi connectivity index (χ3n) is 4.38. The number of aliphatic carboxylic acids is 1. The molecule has 2 rings (SSSR count). The number of hydrogen-bond donors (Lipinski definition) is 3. The second-order valence-corrected chi connectivity index (χ2v) is 6.17. The monoisotopic (exact) mass is 372 g/mol. The molecule has 1 heterocycles. The van der Waals surface area contributed by atoms with Crippen LogP contribution in [0.3, 0.4) is 0 Å². The molecule has 3 N–H and O–H groups in total. The Bertz CT molecular complexity index is 823. The van der Waals surface area contributed by atoms with Crippen molar-refractivity contribution in [3.63, 3.8) is 0 Å². The van der Waals surface area contributed by atoms with Gasteiger partial charge in [0.25, 0.3) is 11.8 Å². The van der Waals surface area contributed by atoms with Gasteiger partial charge >= 0.3 is 5.97 Å². The van der Waals surface area contributed by atoms with E-state index in [1.54, 1.807) is 18.3 Å². The number of carbonyl (C=O) groups excluding carboxylic acids is 2. The second kappa shape index (κ2) is 8.98. The molecule has 2 aromatic rings. The molecule has 2 amide bonds. The Balaban J connectivity index is 2.06. The number of hydrogen-bond acceptors (Lipinski definition) is 4. The van der Waals surface area contributed by atoms with Gasteiger partial charge in [0.15, 0.2) is 0 Å². The summed E-state index contributed by atoms with van der Waals surface area (Å²) in [7, 11) is 0. The van der Waals surface area contributed by atoms with Gasteiger partial charge in [-0.2, -0.15) is 5.10 Å². The van der Waals surface area contributed by atoms with Crippen LogP contribution in [0.15, 0.2) is 30.5 Å². The first kappa shape index (κ1) is 20.2. The summed E-state index contributed by atoms with van der Waals surface area (Å²) in [5.41, 5.74) is 2.16. The van der Waals surface area contributed by atoms with E-state index in [-0.39, 0.29) is 11.9 Å². The number of carbonyl (C=O) groups is 3. The zero-order valence-electron chi connectivity index (χ0n) is 15.7. The molecule has 0 fully saturated rings. The highest BCUT2D eigenvalue weighted by Gasteiger charge is 2.18. The summed E-state index contributed by atoms with van der Waals surface area (Å²) in [6.45, 7) is 5.60. The largest absolute Gasteiger partial charge is 0.480 e. The fourth-order valence-electron chi connectivity index (χ4n) is 2.81. The fraction of sp³-hybridized carbons (Fsp3) is 0.368. The normalized spacial score (nSPS) is 10.7. The Morgan fingerprint density at radius 1 is 1.11 bits per heavy atom. The van der Waals surface area contributed by atoms with Crippen molar-refractivity contribution in [3.8, 4) is 0 Å². The molecule has 0 bridgehead atoms. The minimum atomic E-state index is -1.11. The Morgan fingerprint density at radius 3 is 2.30 bits per heavy atom. The van der Waals surface area contributed by atoms with E-state index in [4.69, 9.17) is 5.11 Å². The maximum absolute atomic E-state index is 12.5. The number of carboxylic acid groups (broad SMARTS) is 1. The molecule has 8 nitrogen and oxygen atoms in total. The number of anilines is 1. The van der Waals surface area contributed by atoms with Crippen molar-refractivity contribution in [3.05, 3.63) is 47.3 Å². The Labute approximate surface area is 157 Å². The Hall–Kier alpha value is -3.16. The molecule has 144 valence electrons. The molecule has 8 heteroatoms. The van der Waals surface area contributed by atoms with Crippen LogP contribution in [-0.2, 0) is 4.79 Å². The van der Waals surface area contributed by atoms with Crippen LogP contribution in [0, 0.1) is 6.92 Å². The molecule has 27 heavy (non-hydrogen) atoms. The average Bonchev–Trinajstić information content (AvgIpc) is 3.03. The number of nitrogens with one attached hydrogen (secondary N) is 2. The van der Waals surface area contributed by atoms with Crippen LogP contribution in [0.2, 0.25) is 0 Å². The second-order valence-electron chi connectivity index (χ2n) is 6.17. The van der Waals surface area contributed by atoms with Crippen molar-refractivity contribution < 1.29 is 19.5 Å². The van der Waals surface area contributed by atoms with Crippen LogP contribution in [0.4, 0.5) is 5.69 Å². The van der Waals surface area contributed by atoms with E-state index >= 15 is 0 Å². The van der Waals surface area contributed by atoms with Crippen LogP contribution in [0.1, 0.15) is 59.1 Å². The van der Waals surface area contributed by atoms with Gasteiger partial charge in [0.05, 0.1) is 17.8 Å². The number of carboxylic acids is 1. The maximum atomic E-state index is 12.5. The van der Waals surface area contributed by atoms with Crippen molar-refractivity contribution in [2.75, 3.05) is 11.9 Å². The maximum Gasteiger partial charge on any atom is 0.322 e. The Morgan fingerprint density at radius 2 is 1.74 bits per heavy atom. The van der Waals surface area contributed by atoms with Gasteiger partial charge in [0, 0.05) is 16.9 Å². The van der Waals surface area contributed by atoms with Gasteiger partial charge in [-0.1, -0.05) is 13.8 Å². The first-order chi connectivity index (χ1) is 12.9. The highest BCUT2D eigenvalue weighted by Crippen LogP contribution is 2.20. The molecule has 1 aromatic heterocycles. The van der Waals surface area contributed by atoms with E-state index in [1.807, 2.05) is 11.6 Å². The summed E-state index contributed by atoms with van der Waals surface area (Å²) in [6.07, 6.45) is 3.44. The van der Waals surface area contributed by atoms with Crippen LogP contribution in [0.5, 0.6) is 0 Å². The lowest BCUT2D eigenvalue weighted by Crippen LogP contribution is -2.29. The van der Waals surface area contributed by atoms with E-state index in [0.29, 0.717) is 16.8 Å². The molecule has 0 unspecified atom stereocenters. The van der Waals surface area contributed by atoms with Gasteiger partial charge in [0.1, 0.15) is 6.54 Å². The zero-order chi connectivity index (χ0) is 20.0. The van der Waals surface area contributed by atoms with Crippen molar-refractivity contribution in [1.29, 1.82) is 0 Å². The Kier molecular flexibility index (Phi) is 6.70. The highest BCUT2D eigenvalue weighted by atomic mass is 16.4. The number of aromatic nitrogens is 2. The number of amides is 2. The molecule has 0 spiro atoms. The molecular weight excluding hydrogens is 348 g/mol. The van der Waals surface area contributed by atoms with E-state index in [2.05, 4.69) is 29.6 Å². The van der Waals surface area contributed by atoms with E-state index in [0.717, 1.165) is 18.5 Å². The van der Waals surface area contributed by atoms with Crippen molar-refractivity contribution in [1.82, 2.24) is 15.1 Å². The lowest BCUT2D eigenvalue weighted by Gasteiger charge is -2.15. The molecule has 0 atom stereocenters. The van der Waals surface area contributed by atoms with Crippen LogP contribution >= 0.6 is 0 Å².